The fraction of sp³-hybridized carbons (Fsp3) is 0.333. The van der Waals surface area contributed by atoms with E-state index in [1.807, 2.05) is 0 Å². The van der Waals surface area contributed by atoms with Gasteiger partial charge in [-0.1, -0.05) is 0 Å². The summed E-state index contributed by atoms with van der Waals surface area (Å²) in [7, 11) is -3.77. The smallest absolute Gasteiger partial charge is 0.336 e. The van der Waals surface area contributed by atoms with Gasteiger partial charge in [0.25, 0.3) is 15.9 Å². The molecular formula is C15H16N4O5S2. The number of sulfonamides is 1. The molecule has 9 nitrogen and oxygen atoms in total. The fourth-order valence-electron chi connectivity index (χ4n) is 2.49. The van der Waals surface area contributed by atoms with Crippen LogP contribution >= 0.6 is 11.3 Å². The Bertz CT molecular complexity index is 931. The number of hydrogen-bond acceptors (Lipinski definition) is 7. The first kappa shape index (κ1) is 18.4. The monoisotopic (exact) mass is 396 g/mol. The highest BCUT2D eigenvalue weighted by Gasteiger charge is 2.32. The van der Waals surface area contributed by atoms with E-state index in [1.165, 1.54) is 27.0 Å². The summed E-state index contributed by atoms with van der Waals surface area (Å²) in [5, 5.41) is 10.2. The first-order chi connectivity index (χ1) is 12.3. The van der Waals surface area contributed by atoms with Gasteiger partial charge in [-0.15, -0.1) is 11.3 Å². The number of hydrogen-bond donors (Lipinski definition) is 1. The second-order valence-electron chi connectivity index (χ2n) is 5.70. The number of amides is 1. The molecule has 3 rings (SSSR count). The number of carboxylic acid groups (broad SMARTS) is 1. The van der Waals surface area contributed by atoms with E-state index in [9.17, 15) is 18.0 Å². The molecule has 0 bridgehead atoms. The molecule has 0 radical (unpaired) electrons. The molecule has 1 aliphatic rings. The molecule has 0 aromatic carbocycles. The zero-order valence-corrected chi connectivity index (χ0v) is 15.5. The molecule has 0 atom stereocenters. The Morgan fingerprint density at radius 3 is 2.38 bits per heavy atom. The molecule has 1 fully saturated rings. The minimum Gasteiger partial charge on any atom is -0.478 e. The van der Waals surface area contributed by atoms with Crippen molar-refractivity contribution in [2.45, 2.75) is 11.1 Å². The number of carbonyl (C=O) groups excluding carboxylic acids is 1. The number of aromatic carboxylic acids is 1. The second kappa shape index (κ2) is 7.09. The number of aryl methyl sites for hydroxylation is 1. The van der Waals surface area contributed by atoms with Crippen molar-refractivity contribution in [2.24, 2.45) is 0 Å². The predicted molar refractivity (Wildman–Crippen MR) is 92.7 cm³/mol. The molecule has 3 heterocycles. The number of piperazine rings is 1. The molecule has 1 amide bonds. The Morgan fingerprint density at radius 2 is 1.85 bits per heavy atom. The summed E-state index contributed by atoms with van der Waals surface area (Å²) < 4.78 is 26.5. The maximum atomic E-state index is 12.6. The van der Waals surface area contributed by atoms with Crippen LogP contribution in [0.2, 0.25) is 0 Å². The van der Waals surface area contributed by atoms with E-state index in [0.29, 0.717) is 5.69 Å². The van der Waals surface area contributed by atoms with Gasteiger partial charge >= 0.3 is 5.97 Å². The first-order valence-electron chi connectivity index (χ1n) is 7.69. The van der Waals surface area contributed by atoms with Gasteiger partial charge in [0, 0.05) is 37.8 Å². The summed E-state index contributed by atoms with van der Waals surface area (Å²) in [4.78, 5) is 33.0. The van der Waals surface area contributed by atoms with Crippen molar-refractivity contribution in [2.75, 3.05) is 26.2 Å². The second-order valence-corrected chi connectivity index (χ2v) is 8.77. The van der Waals surface area contributed by atoms with Crippen LogP contribution in [0.1, 0.15) is 26.5 Å². The predicted octanol–water partition coefficient (Wildman–Crippen LogP) is 0.691. The number of nitrogens with zero attached hydrogens (tertiary/aromatic N) is 4. The van der Waals surface area contributed by atoms with Crippen LogP contribution < -0.4 is 0 Å². The Balaban J connectivity index is 1.68. The Hall–Kier alpha value is -2.37. The average molecular weight is 396 g/mol. The SMILES string of the molecule is Cc1cnc(C(=O)N2CCN(S(=O)(=O)c3cc(C(=O)O)cs3)CC2)cn1. The molecular weight excluding hydrogens is 380 g/mol. The molecule has 0 saturated carbocycles. The van der Waals surface area contributed by atoms with Crippen LogP contribution in [0.25, 0.3) is 0 Å². The molecule has 1 N–H and O–H groups in total. The van der Waals surface area contributed by atoms with Crippen LogP contribution in [-0.2, 0) is 10.0 Å². The Labute approximate surface area is 154 Å². The van der Waals surface area contributed by atoms with Crippen LogP contribution in [0, 0.1) is 6.92 Å². The van der Waals surface area contributed by atoms with Crippen LogP contribution in [0.5, 0.6) is 0 Å². The van der Waals surface area contributed by atoms with Gasteiger partial charge in [0.15, 0.2) is 0 Å². The highest BCUT2D eigenvalue weighted by molar-refractivity contribution is 7.91. The number of rotatable bonds is 4. The summed E-state index contributed by atoms with van der Waals surface area (Å²) >= 11 is 0.874. The number of aromatic nitrogens is 2. The van der Waals surface area contributed by atoms with Gasteiger partial charge in [-0.05, 0) is 13.0 Å². The van der Waals surface area contributed by atoms with E-state index in [-0.39, 0.29) is 47.6 Å². The van der Waals surface area contributed by atoms with Crippen LogP contribution in [-0.4, -0.2) is 70.8 Å². The van der Waals surface area contributed by atoms with Crippen molar-refractivity contribution in [3.63, 3.8) is 0 Å². The van der Waals surface area contributed by atoms with Crippen LogP contribution in [0.15, 0.2) is 28.0 Å². The lowest BCUT2D eigenvalue weighted by Gasteiger charge is -2.33. The number of carbonyl (C=O) groups is 2. The third-order valence-corrected chi connectivity index (χ3v) is 7.26. The van der Waals surface area contributed by atoms with Crippen molar-refractivity contribution >= 4 is 33.2 Å². The molecule has 11 heteroatoms. The highest BCUT2D eigenvalue weighted by Crippen LogP contribution is 2.25. The van der Waals surface area contributed by atoms with Gasteiger partial charge in [0.2, 0.25) is 0 Å². The Morgan fingerprint density at radius 1 is 1.15 bits per heavy atom. The lowest BCUT2D eigenvalue weighted by Crippen LogP contribution is -2.50. The molecule has 138 valence electrons. The van der Waals surface area contributed by atoms with Crippen molar-refractivity contribution < 1.29 is 23.1 Å². The molecule has 1 saturated heterocycles. The third-order valence-electron chi connectivity index (χ3n) is 3.94. The third kappa shape index (κ3) is 3.59. The van der Waals surface area contributed by atoms with Gasteiger partial charge in [0.05, 0.1) is 17.5 Å². The summed E-state index contributed by atoms with van der Waals surface area (Å²) in [5.74, 6) is -1.46. The van der Waals surface area contributed by atoms with E-state index in [0.717, 1.165) is 17.4 Å². The minimum absolute atomic E-state index is 0.0147. The van der Waals surface area contributed by atoms with Crippen molar-refractivity contribution in [3.8, 4) is 0 Å². The van der Waals surface area contributed by atoms with Crippen LogP contribution in [0.3, 0.4) is 0 Å². The van der Waals surface area contributed by atoms with Crippen molar-refractivity contribution in [1.29, 1.82) is 0 Å². The molecule has 26 heavy (non-hydrogen) atoms. The standard InChI is InChI=1S/C15H16N4O5S2/c1-10-7-17-12(8-16-10)14(20)18-2-4-19(5-3-18)26(23,24)13-6-11(9-25-13)15(21)22/h6-9H,2-5H2,1H3,(H,21,22). The van der Waals surface area contributed by atoms with Gasteiger partial charge in [-0.25, -0.2) is 18.2 Å². The number of carboxylic acids is 1. The summed E-state index contributed by atoms with van der Waals surface area (Å²) in [6, 6.07) is 1.15. The lowest BCUT2D eigenvalue weighted by molar-refractivity contribution is 0.0684. The minimum atomic E-state index is -3.77. The molecule has 2 aromatic heterocycles. The van der Waals surface area contributed by atoms with E-state index in [4.69, 9.17) is 5.11 Å². The molecule has 2 aromatic rings. The van der Waals surface area contributed by atoms with Crippen LogP contribution in [0.4, 0.5) is 0 Å². The molecule has 0 aliphatic carbocycles. The maximum absolute atomic E-state index is 12.6. The van der Waals surface area contributed by atoms with Gasteiger partial charge in [-0.3, -0.25) is 9.78 Å². The lowest BCUT2D eigenvalue weighted by atomic mass is 10.3. The van der Waals surface area contributed by atoms with E-state index in [2.05, 4.69) is 9.97 Å². The van der Waals surface area contributed by atoms with E-state index < -0.39 is 16.0 Å². The highest BCUT2D eigenvalue weighted by atomic mass is 32.2. The van der Waals surface area contributed by atoms with Gasteiger partial charge < -0.3 is 10.0 Å². The first-order valence-corrected chi connectivity index (χ1v) is 10.0. The normalized spacial score (nSPS) is 15.8. The summed E-state index contributed by atoms with van der Waals surface area (Å²) in [6.07, 6.45) is 2.91. The molecule has 0 unspecified atom stereocenters. The quantitative estimate of drug-likeness (QED) is 0.807. The summed E-state index contributed by atoms with van der Waals surface area (Å²) in [6.45, 7) is 2.49. The molecule has 1 aliphatic heterocycles. The topological polar surface area (TPSA) is 121 Å². The average Bonchev–Trinajstić information content (AvgIpc) is 3.13. The number of thiophene rings is 1. The van der Waals surface area contributed by atoms with E-state index >= 15 is 0 Å². The zero-order chi connectivity index (χ0) is 18.9. The zero-order valence-electron chi connectivity index (χ0n) is 13.8. The van der Waals surface area contributed by atoms with E-state index in [1.54, 1.807) is 6.92 Å². The Kier molecular flexibility index (Phi) is 5.03. The van der Waals surface area contributed by atoms with Crippen molar-refractivity contribution in [3.05, 3.63) is 40.8 Å². The van der Waals surface area contributed by atoms with Gasteiger partial charge in [0.1, 0.15) is 9.90 Å². The largest absolute Gasteiger partial charge is 0.478 e. The van der Waals surface area contributed by atoms with Crippen molar-refractivity contribution in [1.82, 2.24) is 19.2 Å². The summed E-state index contributed by atoms with van der Waals surface area (Å²) in [5.41, 5.74) is 0.866. The van der Waals surface area contributed by atoms with Gasteiger partial charge in [-0.2, -0.15) is 4.31 Å². The molecule has 0 spiro atoms. The maximum Gasteiger partial charge on any atom is 0.336 e. The fourth-order valence-corrected chi connectivity index (χ4v) is 5.22.